The van der Waals surface area contributed by atoms with Gasteiger partial charge in [0.25, 0.3) is 0 Å². The zero-order valence-electron chi connectivity index (χ0n) is 12.8. The Kier molecular flexibility index (Phi) is 4.13. The van der Waals surface area contributed by atoms with Crippen LogP contribution in [0, 0.1) is 5.41 Å². The molecule has 1 spiro atoms. The Labute approximate surface area is 123 Å². The van der Waals surface area contributed by atoms with Gasteiger partial charge in [0.2, 0.25) is 0 Å². The Morgan fingerprint density at radius 1 is 1.05 bits per heavy atom. The predicted octanol–water partition coefficient (Wildman–Crippen LogP) is 3.86. The predicted molar refractivity (Wildman–Crippen MR) is 82.6 cm³/mol. The van der Waals surface area contributed by atoms with Crippen molar-refractivity contribution in [3.63, 3.8) is 0 Å². The fourth-order valence-electron chi connectivity index (χ4n) is 3.32. The minimum Gasteiger partial charge on any atom is -0.372 e. The second-order valence-corrected chi connectivity index (χ2v) is 6.78. The number of piperidine rings is 1. The zero-order valence-corrected chi connectivity index (χ0v) is 12.8. The first-order valence-electron chi connectivity index (χ1n) is 8.08. The van der Waals surface area contributed by atoms with E-state index in [9.17, 15) is 0 Å². The largest absolute Gasteiger partial charge is 0.372 e. The summed E-state index contributed by atoms with van der Waals surface area (Å²) in [6, 6.07) is 11.0. The van der Waals surface area contributed by atoms with Crippen molar-refractivity contribution in [3.8, 4) is 0 Å². The summed E-state index contributed by atoms with van der Waals surface area (Å²) in [5.41, 5.74) is 2.03. The Balaban J connectivity index is 1.45. The van der Waals surface area contributed by atoms with E-state index in [1.165, 1.54) is 44.3 Å². The third-order valence-electron chi connectivity index (χ3n) is 5.43. The Morgan fingerprint density at radius 3 is 2.30 bits per heavy atom. The highest BCUT2D eigenvalue weighted by Gasteiger charge is 2.45. The highest BCUT2D eigenvalue weighted by molar-refractivity contribution is 5.13. The molecule has 2 fully saturated rings. The molecule has 1 aromatic carbocycles. The number of hydrogen-bond acceptors (Lipinski definition) is 2. The molecule has 1 aromatic rings. The van der Waals surface area contributed by atoms with E-state index in [1.807, 2.05) is 0 Å². The minimum absolute atomic E-state index is 0.295. The van der Waals surface area contributed by atoms with Crippen LogP contribution in [-0.2, 0) is 11.3 Å². The lowest BCUT2D eigenvalue weighted by Crippen LogP contribution is -2.46. The lowest BCUT2D eigenvalue weighted by Gasteiger charge is -2.38. The van der Waals surface area contributed by atoms with Crippen LogP contribution < -0.4 is 0 Å². The molecule has 20 heavy (non-hydrogen) atoms. The third-order valence-corrected chi connectivity index (χ3v) is 5.43. The lowest BCUT2D eigenvalue weighted by atomic mass is 9.92. The summed E-state index contributed by atoms with van der Waals surface area (Å²) in [7, 11) is 0. The van der Waals surface area contributed by atoms with Crippen molar-refractivity contribution >= 4 is 0 Å². The van der Waals surface area contributed by atoms with Crippen molar-refractivity contribution < 1.29 is 4.74 Å². The van der Waals surface area contributed by atoms with E-state index in [0.29, 0.717) is 12.1 Å². The summed E-state index contributed by atoms with van der Waals surface area (Å²) in [6.07, 6.45) is 6.07. The van der Waals surface area contributed by atoms with E-state index < -0.39 is 0 Å². The van der Waals surface area contributed by atoms with Crippen molar-refractivity contribution in [1.82, 2.24) is 4.90 Å². The first-order valence-corrected chi connectivity index (χ1v) is 8.08. The number of nitrogens with zero attached hydrogens (tertiary/aromatic N) is 1. The number of benzene rings is 1. The van der Waals surface area contributed by atoms with Gasteiger partial charge in [-0.15, -0.1) is 0 Å². The van der Waals surface area contributed by atoms with Gasteiger partial charge in [0.15, 0.2) is 0 Å². The van der Waals surface area contributed by atoms with Crippen LogP contribution in [0.3, 0.4) is 0 Å². The molecule has 2 aliphatic rings. The molecular formula is C18H27NO. The van der Waals surface area contributed by atoms with Crippen molar-refractivity contribution in [2.45, 2.75) is 58.3 Å². The number of rotatable bonds is 5. The Bertz CT molecular complexity index is 416. The lowest BCUT2D eigenvalue weighted by molar-refractivity contribution is -0.0178. The maximum absolute atomic E-state index is 6.07. The monoisotopic (exact) mass is 273 g/mol. The summed E-state index contributed by atoms with van der Waals surface area (Å²) in [5, 5.41) is 0. The molecule has 2 heteroatoms. The Morgan fingerprint density at radius 2 is 1.70 bits per heavy atom. The van der Waals surface area contributed by atoms with E-state index in [1.54, 1.807) is 0 Å². The number of ether oxygens (including phenoxy) is 1. The summed E-state index contributed by atoms with van der Waals surface area (Å²) in [5.74, 6) is 0. The summed E-state index contributed by atoms with van der Waals surface area (Å²) >= 11 is 0. The third kappa shape index (κ3) is 3.24. The molecular weight excluding hydrogens is 246 g/mol. The summed E-state index contributed by atoms with van der Waals surface area (Å²) in [6.45, 7) is 7.79. The van der Waals surface area contributed by atoms with Crippen molar-refractivity contribution in [3.05, 3.63) is 35.9 Å². The second kappa shape index (κ2) is 5.87. The van der Waals surface area contributed by atoms with E-state index >= 15 is 0 Å². The molecule has 2 unspecified atom stereocenters. The average molecular weight is 273 g/mol. The van der Waals surface area contributed by atoms with Gasteiger partial charge in [-0.25, -0.2) is 0 Å². The first kappa shape index (κ1) is 14.1. The van der Waals surface area contributed by atoms with E-state index in [2.05, 4.69) is 49.1 Å². The molecule has 0 aromatic heterocycles. The second-order valence-electron chi connectivity index (χ2n) is 6.78. The van der Waals surface area contributed by atoms with E-state index in [0.717, 1.165) is 12.0 Å². The van der Waals surface area contributed by atoms with Gasteiger partial charge in [0.05, 0.1) is 12.7 Å². The number of likely N-dealkylation sites (tertiary alicyclic amines) is 1. The average Bonchev–Trinajstić information content (AvgIpc) is 3.25. The SMILES string of the molecule is CC(OCc1ccccc1)C(C)N1CCC2(CC1)CC2. The molecule has 1 saturated carbocycles. The quantitative estimate of drug-likeness (QED) is 0.808. The van der Waals surface area contributed by atoms with Crippen LogP contribution in [0.15, 0.2) is 30.3 Å². The van der Waals surface area contributed by atoms with Gasteiger partial charge in [-0.1, -0.05) is 30.3 Å². The van der Waals surface area contributed by atoms with Crippen LogP contribution >= 0.6 is 0 Å². The first-order chi connectivity index (χ1) is 9.69. The summed E-state index contributed by atoms with van der Waals surface area (Å²) in [4.78, 5) is 2.62. The standard InChI is InChI=1S/C18H27NO/c1-15(19-12-10-18(8-9-18)11-13-19)16(2)20-14-17-6-4-3-5-7-17/h3-7,15-16H,8-14H2,1-2H3. The highest BCUT2D eigenvalue weighted by Crippen LogP contribution is 2.53. The van der Waals surface area contributed by atoms with Crippen LogP contribution in [0.5, 0.6) is 0 Å². The van der Waals surface area contributed by atoms with Gasteiger partial charge < -0.3 is 4.74 Å². The van der Waals surface area contributed by atoms with Crippen molar-refractivity contribution in [1.29, 1.82) is 0 Å². The van der Waals surface area contributed by atoms with Crippen molar-refractivity contribution in [2.75, 3.05) is 13.1 Å². The minimum atomic E-state index is 0.295. The fraction of sp³-hybridized carbons (Fsp3) is 0.667. The number of hydrogen-bond donors (Lipinski definition) is 0. The maximum Gasteiger partial charge on any atom is 0.0721 e. The topological polar surface area (TPSA) is 12.5 Å². The van der Waals surface area contributed by atoms with Gasteiger partial charge in [-0.2, -0.15) is 0 Å². The van der Waals surface area contributed by atoms with Crippen molar-refractivity contribution in [2.24, 2.45) is 5.41 Å². The smallest absolute Gasteiger partial charge is 0.0721 e. The molecule has 3 rings (SSSR count). The summed E-state index contributed by atoms with van der Waals surface area (Å²) < 4.78 is 6.07. The van der Waals surface area contributed by atoms with E-state index in [4.69, 9.17) is 4.74 Å². The van der Waals surface area contributed by atoms with Crippen LogP contribution in [0.4, 0.5) is 0 Å². The fourth-order valence-corrected chi connectivity index (χ4v) is 3.32. The van der Waals surface area contributed by atoms with Gasteiger partial charge in [-0.05, 0) is 63.6 Å². The molecule has 1 saturated heterocycles. The van der Waals surface area contributed by atoms with Crippen LogP contribution in [-0.4, -0.2) is 30.1 Å². The normalized spacial score (nSPS) is 24.5. The maximum atomic E-state index is 6.07. The zero-order chi connectivity index (χ0) is 14.0. The molecule has 1 aliphatic carbocycles. The van der Waals surface area contributed by atoms with Crippen LogP contribution in [0.2, 0.25) is 0 Å². The molecule has 110 valence electrons. The molecule has 0 N–H and O–H groups in total. The molecule has 0 bridgehead atoms. The van der Waals surface area contributed by atoms with Gasteiger partial charge in [0, 0.05) is 6.04 Å². The molecule has 0 amide bonds. The van der Waals surface area contributed by atoms with Crippen LogP contribution in [0.25, 0.3) is 0 Å². The Hall–Kier alpha value is -0.860. The molecule has 2 nitrogen and oxygen atoms in total. The molecule has 1 heterocycles. The highest BCUT2D eigenvalue weighted by atomic mass is 16.5. The van der Waals surface area contributed by atoms with Gasteiger partial charge in [-0.3, -0.25) is 4.90 Å². The van der Waals surface area contributed by atoms with Crippen LogP contribution in [0.1, 0.15) is 45.1 Å². The van der Waals surface area contributed by atoms with Gasteiger partial charge >= 0.3 is 0 Å². The molecule has 2 atom stereocenters. The van der Waals surface area contributed by atoms with Gasteiger partial charge in [0.1, 0.15) is 0 Å². The molecule has 1 aliphatic heterocycles. The van der Waals surface area contributed by atoms with E-state index in [-0.39, 0.29) is 0 Å². The molecule has 0 radical (unpaired) electrons.